The maximum absolute atomic E-state index is 2.43. The first kappa shape index (κ1) is 8.61. The van der Waals surface area contributed by atoms with Crippen molar-refractivity contribution in [2.45, 2.75) is 26.2 Å². The molecule has 0 saturated carbocycles. The van der Waals surface area contributed by atoms with Crippen molar-refractivity contribution in [2.24, 2.45) is 13.0 Å². The summed E-state index contributed by atoms with van der Waals surface area (Å²) in [5, 5.41) is 0. The van der Waals surface area contributed by atoms with Gasteiger partial charge in [-0.2, -0.15) is 0 Å². The molecule has 1 aromatic heterocycles. The molecular formula is C12H17N. The second-order valence-corrected chi connectivity index (χ2v) is 4.07. The Kier molecular flexibility index (Phi) is 2.26. The van der Waals surface area contributed by atoms with E-state index < -0.39 is 0 Å². The zero-order valence-corrected chi connectivity index (χ0v) is 8.46. The predicted molar refractivity (Wildman–Crippen MR) is 56.4 cm³/mol. The van der Waals surface area contributed by atoms with Crippen molar-refractivity contribution in [1.82, 2.24) is 4.57 Å². The standard InChI is InChI=1S/C12H17N/c1-10-5-3-6-11(9-10)12-7-4-8-13(12)2/h4,7-10H,3,5-6H2,1-2H3/t10-/m1/s1. The van der Waals surface area contributed by atoms with Gasteiger partial charge < -0.3 is 4.57 Å². The summed E-state index contributed by atoms with van der Waals surface area (Å²) in [4.78, 5) is 0. The molecule has 0 unspecified atom stereocenters. The third-order valence-corrected chi connectivity index (χ3v) is 2.86. The van der Waals surface area contributed by atoms with Gasteiger partial charge in [-0.25, -0.2) is 0 Å². The zero-order valence-electron chi connectivity index (χ0n) is 8.46. The molecule has 13 heavy (non-hydrogen) atoms. The molecular weight excluding hydrogens is 158 g/mol. The maximum Gasteiger partial charge on any atom is 0.0433 e. The van der Waals surface area contributed by atoms with Crippen LogP contribution in [0.5, 0.6) is 0 Å². The van der Waals surface area contributed by atoms with Crippen molar-refractivity contribution in [3.8, 4) is 0 Å². The van der Waals surface area contributed by atoms with Crippen molar-refractivity contribution in [2.75, 3.05) is 0 Å². The van der Waals surface area contributed by atoms with E-state index in [0.717, 1.165) is 5.92 Å². The second kappa shape index (κ2) is 3.41. The summed E-state index contributed by atoms with van der Waals surface area (Å²) >= 11 is 0. The number of allylic oxidation sites excluding steroid dienone is 2. The third-order valence-electron chi connectivity index (χ3n) is 2.86. The van der Waals surface area contributed by atoms with Crippen LogP contribution in [0.25, 0.3) is 5.57 Å². The Balaban J connectivity index is 2.30. The third kappa shape index (κ3) is 1.69. The minimum Gasteiger partial charge on any atom is -0.351 e. The van der Waals surface area contributed by atoms with Crippen LogP contribution in [0.1, 0.15) is 31.9 Å². The van der Waals surface area contributed by atoms with Crippen molar-refractivity contribution in [1.29, 1.82) is 0 Å². The van der Waals surface area contributed by atoms with E-state index in [-0.39, 0.29) is 0 Å². The highest BCUT2D eigenvalue weighted by atomic mass is 14.9. The number of aryl methyl sites for hydroxylation is 1. The number of rotatable bonds is 1. The highest BCUT2D eigenvalue weighted by Crippen LogP contribution is 2.29. The van der Waals surface area contributed by atoms with Crippen LogP contribution in [0.2, 0.25) is 0 Å². The molecule has 0 aliphatic heterocycles. The Morgan fingerprint density at radius 3 is 2.92 bits per heavy atom. The van der Waals surface area contributed by atoms with Gasteiger partial charge in [0.25, 0.3) is 0 Å². The van der Waals surface area contributed by atoms with Crippen LogP contribution in [0.3, 0.4) is 0 Å². The number of aromatic nitrogens is 1. The first-order valence-electron chi connectivity index (χ1n) is 5.10. The SMILES string of the molecule is C[C@H]1C=C(c2cccn2C)CCC1. The molecule has 0 aromatic carbocycles. The van der Waals surface area contributed by atoms with Crippen LogP contribution < -0.4 is 0 Å². The summed E-state index contributed by atoms with van der Waals surface area (Å²) in [5.74, 6) is 0.763. The summed E-state index contributed by atoms with van der Waals surface area (Å²) in [6.45, 7) is 2.31. The van der Waals surface area contributed by atoms with Crippen molar-refractivity contribution in [3.05, 3.63) is 30.1 Å². The minimum absolute atomic E-state index is 0.763. The first-order chi connectivity index (χ1) is 6.27. The van der Waals surface area contributed by atoms with Gasteiger partial charge in [0.05, 0.1) is 0 Å². The summed E-state index contributed by atoms with van der Waals surface area (Å²) in [5.41, 5.74) is 2.93. The fraction of sp³-hybridized carbons (Fsp3) is 0.500. The summed E-state index contributed by atoms with van der Waals surface area (Å²) < 4.78 is 2.21. The fourth-order valence-electron chi connectivity index (χ4n) is 2.13. The van der Waals surface area contributed by atoms with E-state index in [2.05, 4.69) is 42.9 Å². The van der Waals surface area contributed by atoms with Crippen LogP contribution in [0.4, 0.5) is 0 Å². The molecule has 70 valence electrons. The van der Waals surface area contributed by atoms with Crippen molar-refractivity contribution in [3.63, 3.8) is 0 Å². The van der Waals surface area contributed by atoms with E-state index in [4.69, 9.17) is 0 Å². The maximum atomic E-state index is 2.43. The molecule has 1 nitrogen and oxygen atoms in total. The number of nitrogens with zero attached hydrogens (tertiary/aromatic N) is 1. The van der Waals surface area contributed by atoms with Gasteiger partial charge in [-0.05, 0) is 42.9 Å². The smallest absolute Gasteiger partial charge is 0.0433 e. The van der Waals surface area contributed by atoms with Crippen LogP contribution in [0.15, 0.2) is 24.4 Å². The largest absolute Gasteiger partial charge is 0.351 e. The Bertz CT molecular complexity index is 320. The summed E-state index contributed by atoms with van der Waals surface area (Å²) in [6, 6.07) is 4.33. The topological polar surface area (TPSA) is 4.93 Å². The van der Waals surface area contributed by atoms with Gasteiger partial charge in [0.2, 0.25) is 0 Å². The quantitative estimate of drug-likeness (QED) is 0.617. The summed E-state index contributed by atoms with van der Waals surface area (Å²) in [7, 11) is 2.12. The highest BCUT2D eigenvalue weighted by Gasteiger charge is 2.12. The monoisotopic (exact) mass is 175 g/mol. The van der Waals surface area contributed by atoms with E-state index >= 15 is 0 Å². The lowest BCUT2D eigenvalue weighted by molar-refractivity contribution is 0.590. The van der Waals surface area contributed by atoms with Crippen molar-refractivity contribution < 1.29 is 0 Å². The number of hydrogen-bond acceptors (Lipinski definition) is 0. The average Bonchev–Trinajstić information content (AvgIpc) is 2.51. The van der Waals surface area contributed by atoms with Crippen LogP contribution in [0, 0.1) is 5.92 Å². The highest BCUT2D eigenvalue weighted by molar-refractivity contribution is 5.64. The molecule has 0 spiro atoms. The molecule has 1 heterocycles. The van der Waals surface area contributed by atoms with Gasteiger partial charge in [-0.1, -0.05) is 13.0 Å². The second-order valence-electron chi connectivity index (χ2n) is 4.07. The average molecular weight is 175 g/mol. The molecule has 0 amide bonds. The summed E-state index contributed by atoms with van der Waals surface area (Å²) in [6.07, 6.45) is 8.50. The lowest BCUT2D eigenvalue weighted by Gasteiger charge is -2.18. The normalized spacial score (nSPS) is 22.9. The Labute approximate surface area is 80.1 Å². The predicted octanol–water partition coefficient (Wildman–Crippen LogP) is 3.23. The van der Waals surface area contributed by atoms with Crippen LogP contribution in [-0.2, 0) is 7.05 Å². The lowest BCUT2D eigenvalue weighted by atomic mass is 9.90. The van der Waals surface area contributed by atoms with Crippen LogP contribution >= 0.6 is 0 Å². The number of hydrogen-bond donors (Lipinski definition) is 0. The molecule has 0 radical (unpaired) electrons. The first-order valence-corrected chi connectivity index (χ1v) is 5.10. The Morgan fingerprint density at radius 1 is 1.46 bits per heavy atom. The molecule has 1 atom stereocenters. The van der Waals surface area contributed by atoms with Gasteiger partial charge in [-0.15, -0.1) is 0 Å². The van der Waals surface area contributed by atoms with E-state index in [0.29, 0.717) is 0 Å². The minimum atomic E-state index is 0.763. The van der Waals surface area contributed by atoms with Gasteiger partial charge in [0, 0.05) is 18.9 Å². The van der Waals surface area contributed by atoms with Gasteiger partial charge in [0.15, 0.2) is 0 Å². The molecule has 1 heteroatoms. The van der Waals surface area contributed by atoms with E-state index in [1.165, 1.54) is 30.5 Å². The molecule has 1 aliphatic rings. The molecule has 0 saturated heterocycles. The van der Waals surface area contributed by atoms with Gasteiger partial charge in [0.1, 0.15) is 0 Å². The molecule has 1 aliphatic carbocycles. The molecule has 0 fully saturated rings. The van der Waals surface area contributed by atoms with Gasteiger partial charge >= 0.3 is 0 Å². The molecule has 0 N–H and O–H groups in total. The van der Waals surface area contributed by atoms with Crippen LogP contribution in [-0.4, -0.2) is 4.57 Å². The zero-order chi connectivity index (χ0) is 9.26. The molecule has 1 aromatic rings. The Morgan fingerprint density at radius 2 is 2.31 bits per heavy atom. The van der Waals surface area contributed by atoms with E-state index in [9.17, 15) is 0 Å². The lowest BCUT2D eigenvalue weighted by Crippen LogP contribution is -2.03. The van der Waals surface area contributed by atoms with Gasteiger partial charge in [-0.3, -0.25) is 0 Å². The fourth-order valence-corrected chi connectivity index (χ4v) is 2.13. The van der Waals surface area contributed by atoms with E-state index in [1.54, 1.807) is 0 Å². The molecule has 2 rings (SSSR count). The Hall–Kier alpha value is -0.980. The molecule has 0 bridgehead atoms. The van der Waals surface area contributed by atoms with Crippen molar-refractivity contribution >= 4 is 5.57 Å². The van der Waals surface area contributed by atoms with E-state index in [1.807, 2.05) is 0 Å².